The molecule has 2 rings (SSSR count). The summed E-state index contributed by atoms with van der Waals surface area (Å²) in [5.74, 6) is 7.51. The molecular formula is C12H16O3. The molecule has 1 saturated carbocycles. The Morgan fingerprint density at radius 3 is 2.40 bits per heavy atom. The van der Waals surface area contributed by atoms with Crippen LogP contribution in [0.3, 0.4) is 0 Å². The molecule has 2 aliphatic rings. The Morgan fingerprint density at radius 1 is 1.27 bits per heavy atom. The van der Waals surface area contributed by atoms with Crippen LogP contribution in [-0.2, 0) is 9.53 Å². The summed E-state index contributed by atoms with van der Waals surface area (Å²) in [6, 6.07) is 0. The Kier molecular flexibility index (Phi) is 3.27. The minimum atomic E-state index is -0.878. The summed E-state index contributed by atoms with van der Waals surface area (Å²) in [5, 5.41) is 8.45. The first kappa shape index (κ1) is 10.5. The third-order valence-electron chi connectivity index (χ3n) is 3.38. The van der Waals surface area contributed by atoms with E-state index in [2.05, 4.69) is 11.8 Å². The van der Waals surface area contributed by atoms with Crippen LogP contribution in [0.1, 0.15) is 25.7 Å². The lowest BCUT2D eigenvalue weighted by Gasteiger charge is -1.99. The fraction of sp³-hybridized carbons (Fsp3) is 0.750. The van der Waals surface area contributed by atoms with Gasteiger partial charge < -0.3 is 9.84 Å². The maximum absolute atomic E-state index is 10.3. The Labute approximate surface area is 89.8 Å². The molecule has 1 fully saturated rings. The lowest BCUT2D eigenvalue weighted by molar-refractivity contribution is -0.142. The average molecular weight is 208 g/mol. The van der Waals surface area contributed by atoms with Gasteiger partial charge in [-0.25, -0.2) is 4.79 Å². The largest absolute Gasteiger partial charge is 0.480 e. The van der Waals surface area contributed by atoms with Gasteiger partial charge in [0.05, 0.1) is 6.61 Å². The smallest absolute Gasteiger partial charge is 0.329 e. The summed E-state index contributed by atoms with van der Waals surface area (Å²) >= 11 is 0. The molecule has 1 N–H and O–H groups in total. The van der Waals surface area contributed by atoms with Crippen molar-refractivity contribution in [3.05, 3.63) is 0 Å². The van der Waals surface area contributed by atoms with Crippen LogP contribution in [0.15, 0.2) is 0 Å². The number of aliphatic carboxylic acids is 1. The molecule has 0 amide bonds. The highest BCUT2D eigenvalue weighted by atomic mass is 16.5. The van der Waals surface area contributed by atoms with Gasteiger partial charge in [-0.05, 0) is 30.6 Å². The second-order valence-corrected chi connectivity index (χ2v) is 4.33. The molecule has 0 saturated heterocycles. The summed E-state index contributed by atoms with van der Waals surface area (Å²) in [6.45, 7) is 0.452. The van der Waals surface area contributed by atoms with Crippen molar-refractivity contribution < 1.29 is 14.6 Å². The molecule has 2 atom stereocenters. The standard InChI is InChI=1S/C12H16O3/c13-12(14)8-15-7-11-9-5-3-1-2-4-6-10(9)11/h9-11H,3-8H2,(H,13,14). The second kappa shape index (κ2) is 4.67. The van der Waals surface area contributed by atoms with E-state index < -0.39 is 5.97 Å². The van der Waals surface area contributed by atoms with Crippen LogP contribution in [0, 0.1) is 29.6 Å². The van der Waals surface area contributed by atoms with Crippen molar-refractivity contribution in [3.63, 3.8) is 0 Å². The molecule has 0 spiro atoms. The molecule has 0 aromatic rings. The van der Waals surface area contributed by atoms with E-state index in [1.807, 2.05) is 0 Å². The zero-order valence-electron chi connectivity index (χ0n) is 8.74. The van der Waals surface area contributed by atoms with Crippen molar-refractivity contribution in [2.24, 2.45) is 17.8 Å². The van der Waals surface area contributed by atoms with E-state index in [4.69, 9.17) is 9.84 Å². The van der Waals surface area contributed by atoms with Crippen molar-refractivity contribution in [2.45, 2.75) is 25.7 Å². The Hall–Kier alpha value is -1.01. The van der Waals surface area contributed by atoms with Gasteiger partial charge in [0.25, 0.3) is 0 Å². The molecule has 82 valence electrons. The summed E-state index contributed by atoms with van der Waals surface area (Å²) in [4.78, 5) is 10.3. The first-order chi connectivity index (χ1) is 7.29. The first-order valence-electron chi connectivity index (χ1n) is 5.54. The van der Waals surface area contributed by atoms with Crippen LogP contribution in [0.4, 0.5) is 0 Å². The molecule has 3 nitrogen and oxygen atoms in total. The van der Waals surface area contributed by atoms with E-state index in [-0.39, 0.29) is 6.61 Å². The van der Waals surface area contributed by atoms with Crippen LogP contribution in [-0.4, -0.2) is 24.3 Å². The Balaban J connectivity index is 1.71. The van der Waals surface area contributed by atoms with Crippen LogP contribution in [0.25, 0.3) is 0 Å². The lowest BCUT2D eigenvalue weighted by atomic mass is 10.1. The summed E-state index contributed by atoms with van der Waals surface area (Å²) in [5.41, 5.74) is 0. The predicted octanol–water partition coefficient (Wildman–Crippen LogP) is 1.53. The summed E-state index contributed by atoms with van der Waals surface area (Å²) in [6.07, 6.45) is 4.32. The van der Waals surface area contributed by atoms with Gasteiger partial charge in [-0.15, -0.1) is 11.8 Å². The van der Waals surface area contributed by atoms with Gasteiger partial charge >= 0.3 is 5.97 Å². The van der Waals surface area contributed by atoms with Gasteiger partial charge in [-0.1, -0.05) is 0 Å². The molecule has 0 aromatic carbocycles. The van der Waals surface area contributed by atoms with Crippen LogP contribution in [0.2, 0.25) is 0 Å². The number of carboxylic acids is 1. The number of ether oxygens (including phenoxy) is 1. The minimum absolute atomic E-state index is 0.160. The summed E-state index contributed by atoms with van der Waals surface area (Å²) < 4.78 is 5.15. The average Bonchev–Trinajstić information content (AvgIpc) is 2.75. The normalized spacial score (nSPS) is 32.9. The van der Waals surface area contributed by atoms with Crippen molar-refractivity contribution in [1.29, 1.82) is 0 Å². The monoisotopic (exact) mass is 208 g/mol. The third-order valence-corrected chi connectivity index (χ3v) is 3.38. The van der Waals surface area contributed by atoms with Gasteiger partial charge in [0.2, 0.25) is 0 Å². The maximum Gasteiger partial charge on any atom is 0.329 e. The molecule has 0 bridgehead atoms. The zero-order valence-corrected chi connectivity index (χ0v) is 8.74. The number of fused-ring (bicyclic) bond motifs is 1. The van der Waals surface area contributed by atoms with E-state index in [0.717, 1.165) is 24.7 Å². The number of hydrogen-bond donors (Lipinski definition) is 1. The minimum Gasteiger partial charge on any atom is -0.480 e. The highest BCUT2D eigenvalue weighted by Gasteiger charge is 2.48. The molecular weight excluding hydrogens is 192 g/mol. The van der Waals surface area contributed by atoms with Crippen LogP contribution < -0.4 is 0 Å². The molecule has 3 heteroatoms. The van der Waals surface area contributed by atoms with Crippen LogP contribution in [0.5, 0.6) is 0 Å². The van der Waals surface area contributed by atoms with Crippen LogP contribution >= 0.6 is 0 Å². The number of carbonyl (C=O) groups is 1. The fourth-order valence-electron chi connectivity index (χ4n) is 2.56. The molecule has 0 heterocycles. The Morgan fingerprint density at radius 2 is 1.87 bits per heavy atom. The van der Waals surface area contributed by atoms with Crippen molar-refractivity contribution in [2.75, 3.05) is 13.2 Å². The molecule has 0 aliphatic heterocycles. The van der Waals surface area contributed by atoms with Crippen molar-refractivity contribution in [1.82, 2.24) is 0 Å². The highest BCUT2D eigenvalue weighted by molar-refractivity contribution is 5.67. The second-order valence-electron chi connectivity index (χ2n) is 4.33. The van der Waals surface area contributed by atoms with Gasteiger partial charge in [0.15, 0.2) is 0 Å². The molecule has 15 heavy (non-hydrogen) atoms. The topological polar surface area (TPSA) is 46.5 Å². The highest BCUT2D eigenvalue weighted by Crippen LogP contribution is 2.52. The molecule has 0 aromatic heterocycles. The zero-order chi connectivity index (χ0) is 10.7. The molecule has 0 radical (unpaired) electrons. The van der Waals surface area contributed by atoms with Gasteiger partial charge in [-0.2, -0.15) is 0 Å². The number of hydrogen-bond acceptors (Lipinski definition) is 2. The number of carboxylic acid groups (broad SMARTS) is 1. The fourth-order valence-corrected chi connectivity index (χ4v) is 2.56. The quantitative estimate of drug-likeness (QED) is 0.713. The molecule has 2 aliphatic carbocycles. The van der Waals surface area contributed by atoms with Gasteiger partial charge in [0.1, 0.15) is 6.61 Å². The maximum atomic E-state index is 10.3. The first-order valence-corrected chi connectivity index (χ1v) is 5.54. The van der Waals surface area contributed by atoms with E-state index >= 15 is 0 Å². The van der Waals surface area contributed by atoms with Gasteiger partial charge in [0, 0.05) is 12.8 Å². The number of rotatable bonds is 4. The molecule has 2 unspecified atom stereocenters. The van der Waals surface area contributed by atoms with Crippen molar-refractivity contribution >= 4 is 5.97 Å². The van der Waals surface area contributed by atoms with E-state index in [1.54, 1.807) is 0 Å². The predicted molar refractivity (Wildman–Crippen MR) is 55.2 cm³/mol. The Bertz CT molecular complexity index is 282. The summed E-state index contributed by atoms with van der Waals surface area (Å²) in [7, 11) is 0. The van der Waals surface area contributed by atoms with Gasteiger partial charge in [-0.3, -0.25) is 0 Å². The van der Waals surface area contributed by atoms with E-state index in [0.29, 0.717) is 12.5 Å². The third kappa shape index (κ3) is 2.73. The SMILES string of the molecule is O=C(O)COCC1C2CCC#CCCC21. The van der Waals surface area contributed by atoms with E-state index in [1.165, 1.54) is 12.8 Å². The lowest BCUT2D eigenvalue weighted by Crippen LogP contribution is -2.09. The van der Waals surface area contributed by atoms with E-state index in [9.17, 15) is 4.79 Å². The van der Waals surface area contributed by atoms with Crippen molar-refractivity contribution in [3.8, 4) is 11.8 Å².